The Balaban J connectivity index is 1.71. The van der Waals surface area contributed by atoms with E-state index in [1.807, 2.05) is 0 Å². The van der Waals surface area contributed by atoms with Crippen molar-refractivity contribution in [2.75, 3.05) is 18.5 Å². The number of halogens is 3. The summed E-state index contributed by atoms with van der Waals surface area (Å²) in [5.74, 6) is -3.01. The molecule has 148 valence electrons. The minimum atomic E-state index is -1.32. The van der Waals surface area contributed by atoms with Crippen LogP contribution in [-0.4, -0.2) is 31.2 Å². The summed E-state index contributed by atoms with van der Waals surface area (Å²) in [6, 6.07) is 5.89. The second-order valence-electron chi connectivity index (χ2n) is 5.97. The first-order chi connectivity index (χ1) is 13.4. The van der Waals surface area contributed by atoms with Gasteiger partial charge in [-0.2, -0.15) is 0 Å². The van der Waals surface area contributed by atoms with Crippen LogP contribution in [0.4, 0.5) is 14.5 Å². The number of amides is 1. The van der Waals surface area contributed by atoms with Crippen LogP contribution in [0.15, 0.2) is 30.3 Å². The van der Waals surface area contributed by atoms with Crippen LogP contribution >= 0.6 is 11.6 Å². The van der Waals surface area contributed by atoms with E-state index in [1.165, 1.54) is 19.1 Å². The number of fused-ring (bicyclic) bond motifs is 1. The van der Waals surface area contributed by atoms with Gasteiger partial charge in [0.2, 0.25) is 0 Å². The summed E-state index contributed by atoms with van der Waals surface area (Å²) in [5.41, 5.74) is -0.569. The van der Waals surface area contributed by atoms with Crippen molar-refractivity contribution in [1.29, 1.82) is 0 Å². The van der Waals surface area contributed by atoms with E-state index in [-0.39, 0.29) is 10.6 Å². The topological polar surface area (TPSA) is 73.9 Å². The van der Waals surface area contributed by atoms with Gasteiger partial charge in [0, 0.05) is 6.42 Å². The molecule has 0 fully saturated rings. The number of esters is 1. The van der Waals surface area contributed by atoms with Crippen molar-refractivity contribution in [3.63, 3.8) is 0 Å². The van der Waals surface area contributed by atoms with Crippen molar-refractivity contribution >= 4 is 29.2 Å². The molecular formula is C19H16ClF2NO5. The molecule has 0 spiro atoms. The smallest absolute Gasteiger partial charge is 0.339 e. The Morgan fingerprint density at radius 2 is 1.86 bits per heavy atom. The SMILES string of the molecule is C[C@@H](OC(=O)c1cc(Cl)c2c(c1)OCCCO2)C(=O)Nc1c(F)cccc1F. The van der Waals surface area contributed by atoms with Gasteiger partial charge < -0.3 is 19.5 Å². The van der Waals surface area contributed by atoms with Crippen LogP contribution < -0.4 is 14.8 Å². The van der Waals surface area contributed by atoms with Gasteiger partial charge in [-0.1, -0.05) is 17.7 Å². The fraction of sp³-hybridized carbons (Fsp3) is 0.263. The first kappa shape index (κ1) is 19.9. The van der Waals surface area contributed by atoms with Gasteiger partial charge in [0.1, 0.15) is 17.3 Å². The average Bonchev–Trinajstić information content (AvgIpc) is 2.90. The maximum Gasteiger partial charge on any atom is 0.339 e. The third-order valence-corrected chi connectivity index (χ3v) is 4.18. The highest BCUT2D eigenvalue weighted by Crippen LogP contribution is 2.38. The molecule has 2 aromatic rings. The van der Waals surface area contributed by atoms with E-state index in [4.69, 9.17) is 25.8 Å². The van der Waals surface area contributed by atoms with E-state index in [0.717, 1.165) is 18.2 Å². The summed E-state index contributed by atoms with van der Waals surface area (Å²) in [7, 11) is 0. The summed E-state index contributed by atoms with van der Waals surface area (Å²) >= 11 is 6.13. The summed E-state index contributed by atoms with van der Waals surface area (Å²) < 4.78 is 43.3. The lowest BCUT2D eigenvalue weighted by Gasteiger charge is -2.15. The third-order valence-electron chi connectivity index (χ3n) is 3.90. The normalized spacial score (nSPS) is 14.0. The first-order valence-corrected chi connectivity index (χ1v) is 8.79. The molecule has 1 atom stereocenters. The van der Waals surface area contributed by atoms with Gasteiger partial charge in [-0.05, 0) is 31.2 Å². The zero-order valence-electron chi connectivity index (χ0n) is 14.8. The minimum Gasteiger partial charge on any atom is -0.489 e. The van der Waals surface area contributed by atoms with E-state index in [2.05, 4.69) is 5.32 Å². The quantitative estimate of drug-likeness (QED) is 0.771. The van der Waals surface area contributed by atoms with Crippen molar-refractivity contribution in [2.24, 2.45) is 0 Å². The predicted octanol–water partition coefficient (Wildman–Crippen LogP) is 3.96. The third kappa shape index (κ3) is 4.33. The average molecular weight is 412 g/mol. The molecule has 2 aromatic carbocycles. The zero-order valence-corrected chi connectivity index (χ0v) is 15.5. The van der Waals surface area contributed by atoms with Crippen LogP contribution in [0.25, 0.3) is 0 Å². The molecule has 1 N–H and O–H groups in total. The molecule has 1 amide bonds. The molecule has 3 rings (SSSR count). The standard InChI is InChI=1S/C19H16ClF2NO5/c1-10(18(24)23-16-13(21)4-2-5-14(16)22)28-19(25)11-8-12(20)17-15(9-11)26-6-3-7-27-17/h2,4-5,8-10H,3,6-7H2,1H3,(H,23,24)/t10-/m1/s1. The second kappa shape index (κ2) is 8.43. The van der Waals surface area contributed by atoms with Crippen molar-refractivity contribution in [3.05, 3.63) is 52.6 Å². The summed E-state index contributed by atoms with van der Waals surface area (Å²) in [6.45, 7) is 2.10. The van der Waals surface area contributed by atoms with Gasteiger partial charge in [0.25, 0.3) is 5.91 Å². The lowest BCUT2D eigenvalue weighted by molar-refractivity contribution is -0.123. The molecule has 0 saturated heterocycles. The zero-order chi connectivity index (χ0) is 20.3. The fourth-order valence-corrected chi connectivity index (χ4v) is 2.74. The Morgan fingerprint density at radius 3 is 2.57 bits per heavy atom. The monoisotopic (exact) mass is 411 g/mol. The highest BCUT2D eigenvalue weighted by Gasteiger charge is 2.24. The number of benzene rings is 2. The number of anilines is 1. The Labute approximate surface area is 164 Å². The number of nitrogens with one attached hydrogen (secondary N) is 1. The molecular weight excluding hydrogens is 396 g/mol. The number of rotatable bonds is 4. The summed E-state index contributed by atoms with van der Waals surface area (Å²) in [6.07, 6.45) is -0.657. The molecule has 0 aliphatic carbocycles. The van der Waals surface area contributed by atoms with Gasteiger partial charge in [0.05, 0.1) is 23.8 Å². The Hall–Kier alpha value is -2.87. The van der Waals surface area contributed by atoms with Crippen molar-refractivity contribution in [1.82, 2.24) is 0 Å². The number of hydrogen-bond acceptors (Lipinski definition) is 5. The lowest BCUT2D eigenvalue weighted by atomic mass is 10.2. The number of hydrogen-bond donors (Lipinski definition) is 1. The lowest BCUT2D eigenvalue weighted by Crippen LogP contribution is -2.30. The van der Waals surface area contributed by atoms with E-state index in [1.54, 1.807) is 0 Å². The van der Waals surface area contributed by atoms with E-state index in [9.17, 15) is 18.4 Å². The number of ether oxygens (including phenoxy) is 3. The van der Waals surface area contributed by atoms with E-state index < -0.39 is 35.3 Å². The fourth-order valence-electron chi connectivity index (χ4n) is 2.47. The van der Waals surface area contributed by atoms with E-state index >= 15 is 0 Å². The Kier molecular flexibility index (Phi) is 5.99. The molecule has 0 unspecified atom stereocenters. The van der Waals surface area contributed by atoms with Crippen LogP contribution in [0.1, 0.15) is 23.7 Å². The largest absolute Gasteiger partial charge is 0.489 e. The molecule has 0 radical (unpaired) electrons. The van der Waals surface area contributed by atoms with Crippen LogP contribution in [0.2, 0.25) is 5.02 Å². The molecule has 1 aliphatic rings. The molecule has 0 saturated carbocycles. The number of carbonyl (C=O) groups excluding carboxylic acids is 2. The molecule has 1 aliphatic heterocycles. The van der Waals surface area contributed by atoms with Gasteiger partial charge in [-0.15, -0.1) is 0 Å². The highest BCUT2D eigenvalue weighted by atomic mass is 35.5. The summed E-state index contributed by atoms with van der Waals surface area (Å²) in [4.78, 5) is 24.5. The molecule has 0 aromatic heterocycles. The molecule has 9 heteroatoms. The van der Waals surface area contributed by atoms with E-state index in [0.29, 0.717) is 31.1 Å². The Bertz CT molecular complexity index is 901. The van der Waals surface area contributed by atoms with Gasteiger partial charge >= 0.3 is 5.97 Å². The van der Waals surface area contributed by atoms with Crippen molar-refractivity contribution < 1.29 is 32.6 Å². The van der Waals surface area contributed by atoms with Crippen molar-refractivity contribution in [2.45, 2.75) is 19.4 Å². The predicted molar refractivity (Wildman–Crippen MR) is 96.9 cm³/mol. The highest BCUT2D eigenvalue weighted by molar-refractivity contribution is 6.32. The first-order valence-electron chi connectivity index (χ1n) is 8.42. The Morgan fingerprint density at radius 1 is 1.18 bits per heavy atom. The maximum absolute atomic E-state index is 13.6. The number of para-hydroxylation sites is 1. The van der Waals surface area contributed by atoms with Gasteiger partial charge in [-0.3, -0.25) is 4.79 Å². The molecule has 0 bridgehead atoms. The van der Waals surface area contributed by atoms with Crippen molar-refractivity contribution in [3.8, 4) is 11.5 Å². The van der Waals surface area contributed by atoms with Crippen LogP contribution in [0, 0.1) is 11.6 Å². The van der Waals surface area contributed by atoms with Crippen LogP contribution in [0.3, 0.4) is 0 Å². The molecule has 6 nitrogen and oxygen atoms in total. The molecule has 28 heavy (non-hydrogen) atoms. The second-order valence-corrected chi connectivity index (χ2v) is 6.38. The van der Waals surface area contributed by atoms with Gasteiger partial charge in [-0.25, -0.2) is 13.6 Å². The molecule has 1 heterocycles. The summed E-state index contributed by atoms with van der Waals surface area (Å²) in [5, 5.41) is 2.23. The number of carbonyl (C=O) groups is 2. The van der Waals surface area contributed by atoms with Crippen LogP contribution in [0.5, 0.6) is 11.5 Å². The maximum atomic E-state index is 13.6. The van der Waals surface area contributed by atoms with Gasteiger partial charge in [0.15, 0.2) is 17.6 Å². The van der Waals surface area contributed by atoms with Crippen LogP contribution in [-0.2, 0) is 9.53 Å². The minimum absolute atomic E-state index is 0.0472.